The number of hydrogen-bond donors (Lipinski definition) is 1. The molecule has 94 valence electrons. The second kappa shape index (κ2) is 4.06. The lowest BCUT2D eigenvalue weighted by molar-refractivity contribution is 0.125. The first-order chi connectivity index (χ1) is 8.08. The van der Waals surface area contributed by atoms with E-state index in [0.29, 0.717) is 12.1 Å². The number of thiazole rings is 1. The molecule has 1 spiro atoms. The molecule has 3 heteroatoms. The van der Waals surface area contributed by atoms with E-state index in [9.17, 15) is 0 Å². The van der Waals surface area contributed by atoms with Crippen LogP contribution >= 0.6 is 11.3 Å². The molecule has 1 heterocycles. The van der Waals surface area contributed by atoms with Crippen molar-refractivity contribution in [1.82, 2.24) is 10.3 Å². The predicted molar refractivity (Wildman–Crippen MR) is 72.3 cm³/mol. The zero-order valence-corrected chi connectivity index (χ0v) is 11.8. The number of rotatable bonds is 4. The van der Waals surface area contributed by atoms with E-state index in [4.69, 9.17) is 0 Å². The topological polar surface area (TPSA) is 24.9 Å². The zero-order valence-electron chi connectivity index (χ0n) is 11.0. The Balaban J connectivity index is 1.52. The molecule has 1 aromatic rings. The highest BCUT2D eigenvalue weighted by molar-refractivity contribution is 7.11. The second-order valence-electron chi connectivity index (χ2n) is 6.13. The lowest BCUT2D eigenvalue weighted by atomic mass is 9.68. The molecule has 2 saturated carbocycles. The molecule has 1 aromatic heterocycles. The van der Waals surface area contributed by atoms with Crippen LogP contribution in [0.1, 0.15) is 55.5 Å². The van der Waals surface area contributed by atoms with Crippen molar-refractivity contribution in [3.63, 3.8) is 0 Å². The molecule has 3 rings (SSSR count). The van der Waals surface area contributed by atoms with Gasteiger partial charge in [0.05, 0.1) is 5.01 Å². The SMILES string of the molecule is Cc1ncc(C(C)NC(C)C2CC3(CC3)C2)s1. The third kappa shape index (κ3) is 2.27. The van der Waals surface area contributed by atoms with Crippen molar-refractivity contribution in [2.24, 2.45) is 11.3 Å². The number of hydrogen-bond acceptors (Lipinski definition) is 3. The lowest BCUT2D eigenvalue weighted by Gasteiger charge is -2.41. The minimum absolute atomic E-state index is 0.451. The van der Waals surface area contributed by atoms with Gasteiger partial charge in [-0.3, -0.25) is 0 Å². The molecule has 2 nitrogen and oxygen atoms in total. The van der Waals surface area contributed by atoms with E-state index in [0.717, 1.165) is 11.3 Å². The summed E-state index contributed by atoms with van der Waals surface area (Å²) in [5.41, 5.74) is 0.824. The monoisotopic (exact) mass is 250 g/mol. The van der Waals surface area contributed by atoms with Crippen molar-refractivity contribution in [2.45, 2.75) is 58.5 Å². The number of nitrogens with zero attached hydrogens (tertiary/aromatic N) is 1. The summed E-state index contributed by atoms with van der Waals surface area (Å²) in [7, 11) is 0. The highest BCUT2D eigenvalue weighted by Crippen LogP contribution is 2.64. The number of aryl methyl sites for hydroxylation is 1. The second-order valence-corrected chi connectivity index (χ2v) is 7.39. The fourth-order valence-electron chi connectivity index (χ4n) is 3.18. The van der Waals surface area contributed by atoms with Gasteiger partial charge in [0.15, 0.2) is 0 Å². The molecule has 0 amide bonds. The molecule has 2 atom stereocenters. The number of nitrogens with one attached hydrogen (secondary N) is 1. The first kappa shape index (κ1) is 11.7. The van der Waals surface area contributed by atoms with Crippen LogP contribution in [0, 0.1) is 18.3 Å². The fourth-order valence-corrected chi connectivity index (χ4v) is 3.98. The van der Waals surface area contributed by atoms with E-state index in [1.807, 2.05) is 17.5 Å². The summed E-state index contributed by atoms with van der Waals surface area (Å²) in [6, 6.07) is 1.10. The molecular weight excluding hydrogens is 228 g/mol. The van der Waals surface area contributed by atoms with E-state index in [-0.39, 0.29) is 0 Å². The minimum atomic E-state index is 0.451. The van der Waals surface area contributed by atoms with Gasteiger partial charge in [-0.05, 0) is 57.8 Å². The van der Waals surface area contributed by atoms with Crippen LogP contribution in [0.5, 0.6) is 0 Å². The molecule has 2 unspecified atom stereocenters. The average molecular weight is 250 g/mol. The van der Waals surface area contributed by atoms with Gasteiger partial charge in [-0.2, -0.15) is 0 Å². The van der Waals surface area contributed by atoms with Crippen LogP contribution in [-0.2, 0) is 0 Å². The Morgan fingerprint density at radius 2 is 2.12 bits per heavy atom. The molecule has 2 fully saturated rings. The lowest BCUT2D eigenvalue weighted by Crippen LogP contribution is -2.42. The Bertz CT molecular complexity index is 400. The highest BCUT2D eigenvalue weighted by atomic mass is 32.1. The Hall–Kier alpha value is -0.410. The molecule has 0 saturated heterocycles. The summed E-state index contributed by atoms with van der Waals surface area (Å²) in [6.45, 7) is 6.69. The van der Waals surface area contributed by atoms with Crippen LogP contribution in [0.25, 0.3) is 0 Å². The zero-order chi connectivity index (χ0) is 12.0. The van der Waals surface area contributed by atoms with Crippen molar-refractivity contribution in [3.8, 4) is 0 Å². The van der Waals surface area contributed by atoms with Gasteiger partial charge in [0.2, 0.25) is 0 Å². The maximum atomic E-state index is 4.34. The average Bonchev–Trinajstić information content (AvgIpc) is 2.92. The van der Waals surface area contributed by atoms with Crippen molar-refractivity contribution in [2.75, 3.05) is 0 Å². The first-order valence-corrected chi connectivity index (χ1v) is 7.58. The van der Waals surface area contributed by atoms with E-state index >= 15 is 0 Å². The Morgan fingerprint density at radius 3 is 2.65 bits per heavy atom. The summed E-state index contributed by atoms with van der Waals surface area (Å²) < 4.78 is 0. The number of aromatic nitrogens is 1. The van der Waals surface area contributed by atoms with E-state index < -0.39 is 0 Å². The van der Waals surface area contributed by atoms with Crippen LogP contribution in [0.2, 0.25) is 0 Å². The quantitative estimate of drug-likeness (QED) is 0.881. The van der Waals surface area contributed by atoms with E-state index in [1.54, 1.807) is 0 Å². The summed E-state index contributed by atoms with van der Waals surface area (Å²) in [4.78, 5) is 5.71. The van der Waals surface area contributed by atoms with Crippen LogP contribution in [0.3, 0.4) is 0 Å². The largest absolute Gasteiger partial charge is 0.307 e. The molecular formula is C14H22N2S. The van der Waals surface area contributed by atoms with Gasteiger partial charge in [-0.25, -0.2) is 4.98 Å². The Kier molecular flexibility index (Phi) is 2.79. The van der Waals surface area contributed by atoms with Gasteiger partial charge >= 0.3 is 0 Å². The standard InChI is InChI=1S/C14H22N2S/c1-9(12-6-14(7-12)4-5-14)16-10(2)13-8-15-11(3)17-13/h8-10,12,16H,4-7H2,1-3H3. The van der Waals surface area contributed by atoms with E-state index in [2.05, 4.69) is 31.1 Å². The van der Waals surface area contributed by atoms with E-state index in [1.165, 1.54) is 35.6 Å². The van der Waals surface area contributed by atoms with Crippen molar-refractivity contribution < 1.29 is 0 Å². The fraction of sp³-hybridized carbons (Fsp3) is 0.786. The third-order valence-corrected chi connectivity index (χ3v) is 5.73. The van der Waals surface area contributed by atoms with Gasteiger partial charge in [0, 0.05) is 23.2 Å². The maximum Gasteiger partial charge on any atom is 0.0897 e. The van der Waals surface area contributed by atoms with Gasteiger partial charge in [0.25, 0.3) is 0 Å². The van der Waals surface area contributed by atoms with Crippen LogP contribution < -0.4 is 5.32 Å². The Labute approximate surface area is 108 Å². The van der Waals surface area contributed by atoms with Gasteiger partial charge in [-0.15, -0.1) is 11.3 Å². The summed E-state index contributed by atoms with van der Waals surface area (Å²) in [5.74, 6) is 0.911. The van der Waals surface area contributed by atoms with Gasteiger partial charge < -0.3 is 5.32 Å². The molecule has 0 aliphatic heterocycles. The normalized spacial score (nSPS) is 25.6. The Morgan fingerprint density at radius 1 is 1.41 bits per heavy atom. The summed E-state index contributed by atoms with van der Waals surface area (Å²) in [6.07, 6.45) is 7.96. The smallest absolute Gasteiger partial charge is 0.0897 e. The molecule has 0 aromatic carbocycles. The van der Waals surface area contributed by atoms with Crippen LogP contribution in [-0.4, -0.2) is 11.0 Å². The predicted octanol–water partition coefficient (Wildman–Crippen LogP) is 3.68. The van der Waals surface area contributed by atoms with Crippen LogP contribution in [0.4, 0.5) is 0 Å². The minimum Gasteiger partial charge on any atom is -0.307 e. The summed E-state index contributed by atoms with van der Waals surface area (Å²) >= 11 is 1.81. The van der Waals surface area contributed by atoms with Crippen molar-refractivity contribution in [3.05, 3.63) is 16.1 Å². The first-order valence-electron chi connectivity index (χ1n) is 6.76. The molecule has 1 N–H and O–H groups in total. The molecule has 2 aliphatic carbocycles. The molecule has 2 aliphatic rings. The molecule has 17 heavy (non-hydrogen) atoms. The third-order valence-electron chi connectivity index (χ3n) is 4.63. The van der Waals surface area contributed by atoms with Crippen molar-refractivity contribution >= 4 is 11.3 Å². The molecule has 0 bridgehead atoms. The maximum absolute atomic E-state index is 4.34. The van der Waals surface area contributed by atoms with Gasteiger partial charge in [0.1, 0.15) is 0 Å². The van der Waals surface area contributed by atoms with Crippen molar-refractivity contribution in [1.29, 1.82) is 0 Å². The van der Waals surface area contributed by atoms with Gasteiger partial charge in [-0.1, -0.05) is 0 Å². The summed E-state index contributed by atoms with van der Waals surface area (Å²) in [5, 5.41) is 4.92. The molecule has 0 radical (unpaired) electrons. The van der Waals surface area contributed by atoms with Crippen LogP contribution in [0.15, 0.2) is 6.20 Å². The highest BCUT2D eigenvalue weighted by Gasteiger charge is 2.53.